The Morgan fingerprint density at radius 3 is 2.91 bits per heavy atom. The Bertz CT molecular complexity index is 485. The lowest BCUT2D eigenvalue weighted by molar-refractivity contribution is -0.186. The first-order valence-electron chi connectivity index (χ1n) is 8.46. The van der Waals surface area contributed by atoms with Crippen molar-refractivity contribution >= 4 is 0 Å². The van der Waals surface area contributed by atoms with E-state index in [-0.39, 0.29) is 24.5 Å². The lowest BCUT2D eigenvalue weighted by atomic mass is 9.94. The highest BCUT2D eigenvalue weighted by molar-refractivity contribution is 5.25. The zero-order valence-corrected chi connectivity index (χ0v) is 13.4. The summed E-state index contributed by atoms with van der Waals surface area (Å²) in [7, 11) is 0. The second-order valence-electron chi connectivity index (χ2n) is 6.56. The maximum Gasteiger partial charge on any atom is 0.168 e. The molecule has 0 bridgehead atoms. The van der Waals surface area contributed by atoms with Crippen LogP contribution in [0.3, 0.4) is 0 Å². The molecule has 2 fully saturated rings. The van der Waals surface area contributed by atoms with Crippen molar-refractivity contribution in [3.8, 4) is 0 Å². The number of rotatable bonds is 5. The standard InChI is InChI=1S/C18H27NO3/c1-14(16-7-5-6-15(10-16)12-20)19-11-17-13-21-18(22-17)8-3-2-4-9-18/h5-7,10,14,17,19-20H,2-4,8-9,11-13H2,1H3. The van der Waals surface area contributed by atoms with Gasteiger partial charge in [0.2, 0.25) is 0 Å². The minimum atomic E-state index is -0.287. The maximum absolute atomic E-state index is 9.23. The number of ether oxygens (including phenoxy) is 2. The van der Waals surface area contributed by atoms with Crippen LogP contribution >= 0.6 is 0 Å². The van der Waals surface area contributed by atoms with E-state index < -0.39 is 0 Å². The summed E-state index contributed by atoms with van der Waals surface area (Å²) < 4.78 is 12.2. The Morgan fingerprint density at radius 1 is 1.32 bits per heavy atom. The van der Waals surface area contributed by atoms with E-state index in [2.05, 4.69) is 18.3 Å². The van der Waals surface area contributed by atoms with E-state index in [0.717, 1.165) is 24.9 Å². The second-order valence-corrected chi connectivity index (χ2v) is 6.56. The Hall–Kier alpha value is -0.940. The summed E-state index contributed by atoms with van der Waals surface area (Å²) >= 11 is 0. The van der Waals surface area contributed by atoms with Crippen LogP contribution < -0.4 is 5.32 Å². The highest BCUT2D eigenvalue weighted by Crippen LogP contribution is 2.37. The van der Waals surface area contributed by atoms with Gasteiger partial charge in [0.1, 0.15) is 0 Å². The fraction of sp³-hybridized carbons (Fsp3) is 0.667. The Labute approximate surface area is 132 Å². The molecule has 1 saturated heterocycles. The minimum absolute atomic E-state index is 0.0860. The molecule has 1 aromatic carbocycles. The third-order valence-electron chi connectivity index (χ3n) is 4.81. The predicted molar refractivity (Wildman–Crippen MR) is 85.4 cm³/mol. The largest absolute Gasteiger partial charge is 0.392 e. The van der Waals surface area contributed by atoms with Gasteiger partial charge in [-0.1, -0.05) is 30.7 Å². The summed E-state index contributed by atoms with van der Waals surface area (Å²) in [6, 6.07) is 8.30. The number of benzene rings is 1. The van der Waals surface area contributed by atoms with Gasteiger partial charge in [0.05, 0.1) is 19.3 Å². The Balaban J connectivity index is 1.50. The molecule has 1 aliphatic heterocycles. The molecular weight excluding hydrogens is 278 g/mol. The van der Waals surface area contributed by atoms with Gasteiger partial charge < -0.3 is 19.9 Å². The van der Waals surface area contributed by atoms with Crippen molar-refractivity contribution < 1.29 is 14.6 Å². The van der Waals surface area contributed by atoms with Gasteiger partial charge in [0, 0.05) is 25.4 Å². The monoisotopic (exact) mass is 305 g/mol. The van der Waals surface area contributed by atoms with Crippen LogP contribution in [0.2, 0.25) is 0 Å². The van der Waals surface area contributed by atoms with Crippen molar-refractivity contribution in [1.82, 2.24) is 5.32 Å². The van der Waals surface area contributed by atoms with Crippen molar-refractivity contribution in [2.24, 2.45) is 0 Å². The molecule has 0 amide bonds. The molecule has 1 heterocycles. The number of hydrogen-bond acceptors (Lipinski definition) is 4. The molecule has 2 atom stereocenters. The highest BCUT2D eigenvalue weighted by atomic mass is 16.7. The molecular formula is C18H27NO3. The fourth-order valence-electron chi connectivity index (χ4n) is 3.46. The molecule has 1 spiro atoms. The van der Waals surface area contributed by atoms with Crippen LogP contribution in [0.5, 0.6) is 0 Å². The lowest BCUT2D eigenvalue weighted by Crippen LogP contribution is -2.36. The van der Waals surface area contributed by atoms with E-state index >= 15 is 0 Å². The van der Waals surface area contributed by atoms with Gasteiger partial charge in [-0.25, -0.2) is 0 Å². The zero-order valence-electron chi connectivity index (χ0n) is 13.4. The normalized spacial score (nSPS) is 25.5. The zero-order chi connectivity index (χ0) is 15.4. The second kappa shape index (κ2) is 7.09. The number of nitrogens with one attached hydrogen (secondary N) is 1. The molecule has 1 aromatic rings. The van der Waals surface area contributed by atoms with Crippen molar-refractivity contribution in [2.75, 3.05) is 13.2 Å². The van der Waals surface area contributed by atoms with E-state index in [1.54, 1.807) is 0 Å². The predicted octanol–water partition coefficient (Wildman–Crippen LogP) is 2.91. The average molecular weight is 305 g/mol. The summed E-state index contributed by atoms with van der Waals surface area (Å²) in [6.07, 6.45) is 5.95. The van der Waals surface area contributed by atoms with Gasteiger partial charge in [-0.2, -0.15) is 0 Å². The molecule has 4 nitrogen and oxygen atoms in total. The van der Waals surface area contributed by atoms with E-state index in [4.69, 9.17) is 9.47 Å². The highest BCUT2D eigenvalue weighted by Gasteiger charge is 2.41. The summed E-state index contributed by atoms with van der Waals surface area (Å²) in [4.78, 5) is 0. The van der Waals surface area contributed by atoms with Crippen molar-refractivity contribution in [3.63, 3.8) is 0 Å². The Morgan fingerprint density at radius 2 is 2.14 bits per heavy atom. The van der Waals surface area contributed by atoms with Crippen LogP contribution in [-0.2, 0) is 16.1 Å². The van der Waals surface area contributed by atoms with E-state index in [1.165, 1.54) is 24.8 Å². The summed E-state index contributed by atoms with van der Waals surface area (Å²) in [5.74, 6) is -0.287. The van der Waals surface area contributed by atoms with Crippen LogP contribution in [0.1, 0.15) is 56.2 Å². The molecule has 1 aliphatic carbocycles. The van der Waals surface area contributed by atoms with E-state index in [9.17, 15) is 5.11 Å². The molecule has 2 N–H and O–H groups in total. The van der Waals surface area contributed by atoms with Crippen LogP contribution in [0.15, 0.2) is 24.3 Å². The van der Waals surface area contributed by atoms with Crippen molar-refractivity contribution in [3.05, 3.63) is 35.4 Å². The van der Waals surface area contributed by atoms with E-state index in [1.807, 2.05) is 18.2 Å². The molecule has 3 rings (SSSR count). The third kappa shape index (κ3) is 3.69. The molecule has 122 valence electrons. The quantitative estimate of drug-likeness (QED) is 0.878. The van der Waals surface area contributed by atoms with Gasteiger partial charge in [-0.3, -0.25) is 0 Å². The average Bonchev–Trinajstić information content (AvgIpc) is 2.96. The summed E-state index contributed by atoms with van der Waals surface area (Å²) in [5, 5.41) is 12.8. The fourth-order valence-corrected chi connectivity index (χ4v) is 3.46. The number of aliphatic hydroxyl groups is 1. The number of hydrogen-bond donors (Lipinski definition) is 2. The van der Waals surface area contributed by atoms with Gasteiger partial charge in [-0.15, -0.1) is 0 Å². The lowest BCUT2D eigenvalue weighted by Gasteiger charge is -2.31. The van der Waals surface area contributed by atoms with Crippen LogP contribution in [0.4, 0.5) is 0 Å². The van der Waals surface area contributed by atoms with Crippen LogP contribution in [0.25, 0.3) is 0 Å². The van der Waals surface area contributed by atoms with Crippen molar-refractivity contribution in [2.45, 2.75) is 63.6 Å². The first-order chi connectivity index (χ1) is 10.7. The van der Waals surface area contributed by atoms with Gasteiger partial charge in [0.15, 0.2) is 5.79 Å². The minimum Gasteiger partial charge on any atom is -0.392 e. The summed E-state index contributed by atoms with van der Waals surface area (Å²) in [6.45, 7) is 3.72. The number of aliphatic hydroxyl groups excluding tert-OH is 1. The summed E-state index contributed by atoms with van der Waals surface area (Å²) in [5.41, 5.74) is 2.14. The van der Waals surface area contributed by atoms with Gasteiger partial charge in [0.25, 0.3) is 0 Å². The topological polar surface area (TPSA) is 50.7 Å². The van der Waals surface area contributed by atoms with Crippen LogP contribution in [-0.4, -0.2) is 30.1 Å². The van der Waals surface area contributed by atoms with Crippen molar-refractivity contribution in [1.29, 1.82) is 0 Å². The molecule has 1 saturated carbocycles. The molecule has 0 radical (unpaired) electrons. The third-order valence-corrected chi connectivity index (χ3v) is 4.81. The Kier molecular flexibility index (Phi) is 5.14. The smallest absolute Gasteiger partial charge is 0.168 e. The van der Waals surface area contributed by atoms with E-state index in [0.29, 0.717) is 6.61 Å². The molecule has 4 heteroatoms. The SMILES string of the molecule is CC(NCC1COC2(CCCCC2)O1)c1cccc(CO)c1. The first-order valence-corrected chi connectivity index (χ1v) is 8.46. The molecule has 22 heavy (non-hydrogen) atoms. The maximum atomic E-state index is 9.23. The molecule has 2 aliphatic rings. The van der Waals surface area contributed by atoms with Gasteiger partial charge in [-0.05, 0) is 30.9 Å². The molecule has 0 aromatic heterocycles. The first kappa shape index (κ1) is 15.9. The van der Waals surface area contributed by atoms with Crippen LogP contribution in [0, 0.1) is 0 Å². The molecule has 2 unspecified atom stereocenters. The van der Waals surface area contributed by atoms with Gasteiger partial charge >= 0.3 is 0 Å².